The molecule has 2 heterocycles. The molecule has 0 spiro atoms. The van der Waals surface area contributed by atoms with E-state index in [4.69, 9.17) is 0 Å². The number of halogens is 7. The maximum absolute atomic E-state index is 15.4. The van der Waals surface area contributed by atoms with Crippen molar-refractivity contribution in [2.24, 2.45) is 5.41 Å². The van der Waals surface area contributed by atoms with Gasteiger partial charge in [-0.1, -0.05) is 33.3 Å². The summed E-state index contributed by atoms with van der Waals surface area (Å²) in [6.07, 6.45) is -6.93. The van der Waals surface area contributed by atoms with Crippen LogP contribution in [0.3, 0.4) is 0 Å². The molecule has 1 unspecified atom stereocenters. The van der Waals surface area contributed by atoms with Crippen molar-refractivity contribution in [1.82, 2.24) is 14.3 Å². The second-order valence-electron chi connectivity index (χ2n) is 10.7. The fourth-order valence-electron chi connectivity index (χ4n) is 4.51. The van der Waals surface area contributed by atoms with Gasteiger partial charge in [0.2, 0.25) is 10.0 Å². The largest absolute Gasteiger partial charge is 0.433 e. The molecular weight excluding hydrogens is 539 g/mol. The van der Waals surface area contributed by atoms with Gasteiger partial charge in [0.25, 0.3) is 0 Å². The Morgan fingerprint density at radius 1 is 1.08 bits per heavy atom. The van der Waals surface area contributed by atoms with Gasteiger partial charge in [0.1, 0.15) is 11.9 Å². The van der Waals surface area contributed by atoms with Gasteiger partial charge in [-0.2, -0.15) is 31.1 Å². The Hall–Kier alpha value is -2.67. The fraction of sp³-hybridized carbons (Fsp3) is 0.480. The molecule has 208 valence electrons. The number of alkyl halides is 6. The zero-order chi connectivity index (χ0) is 28.3. The molecule has 1 saturated carbocycles. The van der Waals surface area contributed by atoms with E-state index in [2.05, 4.69) is 4.98 Å². The molecule has 0 radical (unpaired) electrons. The molecule has 3 aromatic rings. The average molecular weight is 566 g/mol. The second-order valence-corrected chi connectivity index (χ2v) is 12.7. The number of rotatable bonds is 6. The molecule has 1 aromatic carbocycles. The molecule has 5 nitrogen and oxygen atoms in total. The van der Waals surface area contributed by atoms with Crippen molar-refractivity contribution in [2.45, 2.75) is 70.2 Å². The lowest BCUT2D eigenvalue weighted by Gasteiger charge is -2.29. The Morgan fingerprint density at radius 2 is 1.74 bits per heavy atom. The zero-order valence-corrected chi connectivity index (χ0v) is 21.5. The molecule has 38 heavy (non-hydrogen) atoms. The second kappa shape index (κ2) is 9.51. The number of hydrogen-bond donors (Lipinski definition) is 1. The highest BCUT2D eigenvalue weighted by Crippen LogP contribution is 2.43. The predicted molar refractivity (Wildman–Crippen MR) is 128 cm³/mol. The Kier molecular flexibility index (Phi) is 7.09. The van der Waals surface area contributed by atoms with E-state index in [0.717, 1.165) is 30.6 Å². The quantitative estimate of drug-likeness (QED) is 0.328. The van der Waals surface area contributed by atoms with Gasteiger partial charge in [-0.15, -0.1) is 0 Å². The summed E-state index contributed by atoms with van der Waals surface area (Å²) in [6, 6.07) is 1.33. The van der Waals surface area contributed by atoms with E-state index in [1.165, 1.54) is 10.6 Å². The first-order valence-electron chi connectivity index (χ1n) is 11.8. The summed E-state index contributed by atoms with van der Waals surface area (Å²) >= 11 is 0. The van der Waals surface area contributed by atoms with Gasteiger partial charge >= 0.3 is 12.4 Å². The van der Waals surface area contributed by atoms with Crippen LogP contribution in [0.4, 0.5) is 30.7 Å². The highest BCUT2D eigenvalue weighted by molar-refractivity contribution is 7.90. The van der Waals surface area contributed by atoms with Gasteiger partial charge < -0.3 is 4.57 Å². The molecule has 1 aliphatic carbocycles. The van der Waals surface area contributed by atoms with E-state index in [9.17, 15) is 34.8 Å². The molecule has 0 amide bonds. The van der Waals surface area contributed by atoms with E-state index in [0.29, 0.717) is 6.42 Å². The first-order valence-corrected chi connectivity index (χ1v) is 13.4. The molecule has 1 aliphatic rings. The summed E-state index contributed by atoms with van der Waals surface area (Å²) in [4.78, 5) is 3.34. The smallest absolute Gasteiger partial charge is 0.347 e. The summed E-state index contributed by atoms with van der Waals surface area (Å²) in [5.41, 5.74) is -3.40. The van der Waals surface area contributed by atoms with Gasteiger partial charge in [-0.3, -0.25) is 4.98 Å². The highest BCUT2D eigenvalue weighted by atomic mass is 32.2. The summed E-state index contributed by atoms with van der Waals surface area (Å²) < 4.78 is 127. The van der Waals surface area contributed by atoms with Gasteiger partial charge in [0.15, 0.2) is 5.69 Å². The van der Waals surface area contributed by atoms with Gasteiger partial charge in [0.05, 0.1) is 5.25 Å². The molecule has 2 aromatic heterocycles. The Labute approximate surface area is 215 Å². The standard InChI is InChI=1S/C25H26F7N3O2S/c1-23(2,3)13-35-12-18(22(25(30,31)32)34-38(36,37)14-6-4-7-14)17-10-19(26)16(11-20(17)35)15-8-5-9-33-21(15)24(27,28)29/h5,8-12,14,22,34H,4,6-7,13H2,1-3H3. The van der Waals surface area contributed by atoms with Crippen molar-refractivity contribution in [1.29, 1.82) is 0 Å². The molecule has 0 aliphatic heterocycles. The lowest BCUT2D eigenvalue weighted by atomic mass is 9.96. The number of pyridine rings is 1. The van der Waals surface area contributed by atoms with E-state index < -0.39 is 67.3 Å². The summed E-state index contributed by atoms with van der Waals surface area (Å²) in [7, 11) is -4.34. The Bertz CT molecular complexity index is 1450. The van der Waals surface area contributed by atoms with Crippen molar-refractivity contribution < 1.29 is 39.2 Å². The molecule has 0 saturated heterocycles. The average Bonchev–Trinajstić information content (AvgIpc) is 3.03. The van der Waals surface area contributed by atoms with Crippen LogP contribution in [0.25, 0.3) is 22.0 Å². The maximum Gasteiger partial charge on any atom is 0.433 e. The number of nitrogens with one attached hydrogen (secondary N) is 1. The summed E-state index contributed by atoms with van der Waals surface area (Å²) in [5.74, 6) is -1.20. The number of aromatic nitrogens is 2. The number of sulfonamides is 1. The normalized spacial score (nSPS) is 16.6. The maximum atomic E-state index is 15.4. The fourth-order valence-corrected chi connectivity index (χ4v) is 6.25. The minimum Gasteiger partial charge on any atom is -0.347 e. The number of benzene rings is 1. The van der Waals surface area contributed by atoms with Crippen LogP contribution in [0, 0.1) is 11.2 Å². The van der Waals surface area contributed by atoms with Crippen LogP contribution in [0.15, 0.2) is 36.7 Å². The third-order valence-corrected chi connectivity index (χ3v) is 8.34. The minimum absolute atomic E-state index is 0.0281. The molecule has 4 rings (SSSR count). The highest BCUT2D eigenvalue weighted by Gasteiger charge is 2.47. The molecule has 13 heteroatoms. The summed E-state index contributed by atoms with van der Waals surface area (Å²) in [5, 5.41) is -1.21. The van der Waals surface area contributed by atoms with E-state index in [1.807, 2.05) is 0 Å². The van der Waals surface area contributed by atoms with Crippen molar-refractivity contribution in [2.75, 3.05) is 0 Å². The van der Waals surface area contributed by atoms with E-state index in [-0.39, 0.29) is 30.3 Å². The van der Waals surface area contributed by atoms with Crippen LogP contribution in [0.5, 0.6) is 0 Å². The first kappa shape index (κ1) is 28.3. The van der Waals surface area contributed by atoms with Crippen LogP contribution in [-0.2, 0) is 22.7 Å². The third-order valence-electron chi connectivity index (χ3n) is 6.42. The minimum atomic E-state index is -5.07. The lowest BCUT2D eigenvalue weighted by Crippen LogP contribution is -2.44. The molecular formula is C25H26F7N3O2S. The predicted octanol–water partition coefficient (Wildman–Crippen LogP) is 6.98. The van der Waals surface area contributed by atoms with Crippen molar-refractivity contribution in [3.8, 4) is 11.1 Å². The van der Waals surface area contributed by atoms with Crippen LogP contribution < -0.4 is 4.72 Å². The number of hydrogen-bond acceptors (Lipinski definition) is 3. The monoisotopic (exact) mass is 565 g/mol. The SMILES string of the molecule is CC(C)(C)Cn1cc(C(NS(=O)(=O)C2CCC2)C(F)(F)F)c2cc(F)c(-c3cccnc3C(F)(F)F)cc21. The zero-order valence-electron chi connectivity index (χ0n) is 20.7. The lowest BCUT2D eigenvalue weighted by molar-refractivity contribution is -0.152. The van der Waals surface area contributed by atoms with Crippen LogP contribution >= 0.6 is 0 Å². The Morgan fingerprint density at radius 3 is 2.26 bits per heavy atom. The van der Waals surface area contributed by atoms with Gasteiger partial charge in [-0.05, 0) is 36.5 Å². The van der Waals surface area contributed by atoms with E-state index in [1.54, 1.807) is 25.5 Å². The van der Waals surface area contributed by atoms with E-state index >= 15 is 4.39 Å². The third kappa shape index (κ3) is 5.68. The van der Waals surface area contributed by atoms with Crippen molar-refractivity contribution >= 4 is 20.9 Å². The van der Waals surface area contributed by atoms with Crippen molar-refractivity contribution in [3.05, 3.63) is 53.7 Å². The number of fused-ring (bicyclic) bond motifs is 1. The van der Waals surface area contributed by atoms with Crippen LogP contribution in [0.1, 0.15) is 57.3 Å². The molecule has 1 N–H and O–H groups in total. The van der Waals surface area contributed by atoms with Crippen LogP contribution in [0.2, 0.25) is 0 Å². The van der Waals surface area contributed by atoms with Crippen molar-refractivity contribution in [3.63, 3.8) is 0 Å². The first-order chi connectivity index (χ1) is 17.4. The van der Waals surface area contributed by atoms with Gasteiger partial charge in [-0.25, -0.2) is 12.8 Å². The number of nitrogens with zero attached hydrogens (tertiary/aromatic N) is 2. The topological polar surface area (TPSA) is 64.0 Å². The molecule has 1 atom stereocenters. The van der Waals surface area contributed by atoms with Gasteiger partial charge in [0, 0.05) is 46.5 Å². The molecule has 0 bridgehead atoms. The summed E-state index contributed by atoms with van der Waals surface area (Å²) in [6.45, 7) is 5.51. The Balaban J connectivity index is 1.95. The van der Waals surface area contributed by atoms with Crippen LogP contribution in [-0.4, -0.2) is 29.4 Å². The molecule has 1 fully saturated rings.